The quantitative estimate of drug-likeness (QED) is 0.741. The van der Waals surface area contributed by atoms with Crippen LogP contribution < -0.4 is 11.1 Å². The van der Waals surface area contributed by atoms with Crippen molar-refractivity contribution in [2.24, 2.45) is 5.73 Å². The van der Waals surface area contributed by atoms with E-state index in [-0.39, 0.29) is 41.4 Å². The van der Waals surface area contributed by atoms with Gasteiger partial charge in [0, 0.05) is 5.70 Å². The molecule has 0 spiro atoms. The average Bonchev–Trinajstić information content (AvgIpc) is 2.60. The number of rotatable bonds is 5. The number of alkyl halides is 3. The lowest BCUT2D eigenvalue weighted by molar-refractivity contribution is -0.142. The van der Waals surface area contributed by atoms with Crippen molar-refractivity contribution in [1.82, 2.24) is 5.32 Å². The Morgan fingerprint density at radius 1 is 1.07 bits per heavy atom. The molecule has 0 aliphatic carbocycles. The molecule has 1 heterocycles. The Bertz CT molecular complexity index is 804. The molecule has 28 heavy (non-hydrogen) atoms. The van der Waals surface area contributed by atoms with Crippen LogP contribution in [0.2, 0.25) is 0 Å². The molecule has 1 aromatic carbocycles. The second kappa shape index (κ2) is 8.37. The molecule has 1 atom stereocenters. The van der Waals surface area contributed by atoms with E-state index < -0.39 is 29.6 Å². The van der Waals surface area contributed by atoms with Crippen LogP contribution in [-0.2, 0) is 25.2 Å². The highest BCUT2D eigenvalue weighted by atomic mass is 19.4. The lowest BCUT2D eigenvalue weighted by Gasteiger charge is -2.31. The number of carbonyl (C=O) groups excluding carboxylic acids is 2. The van der Waals surface area contributed by atoms with E-state index in [9.17, 15) is 22.8 Å². The van der Waals surface area contributed by atoms with E-state index in [1.54, 1.807) is 13.8 Å². The molecule has 0 saturated heterocycles. The number of dihydropyridines is 1. The molecule has 0 bridgehead atoms. The van der Waals surface area contributed by atoms with E-state index in [2.05, 4.69) is 5.32 Å². The standard InChI is InChI=1S/C19H21F3N2O4/c1-4-27-17(25)13-10(3)24-16(23)15(18(26)28-5-2)14(13)11-8-6-7-9-12(11)19(20,21)22/h6-9,14,24H,4-5,23H2,1-3H3/t14-/m0/s1. The molecule has 2 rings (SSSR count). The lowest BCUT2D eigenvalue weighted by Crippen LogP contribution is -2.36. The zero-order valence-corrected chi connectivity index (χ0v) is 15.6. The first-order chi connectivity index (χ1) is 13.1. The first-order valence-electron chi connectivity index (χ1n) is 8.61. The summed E-state index contributed by atoms with van der Waals surface area (Å²) >= 11 is 0. The minimum absolute atomic E-state index is 0.0111. The van der Waals surface area contributed by atoms with Crippen molar-refractivity contribution >= 4 is 11.9 Å². The van der Waals surface area contributed by atoms with Crippen LogP contribution in [0.4, 0.5) is 13.2 Å². The number of halogens is 3. The summed E-state index contributed by atoms with van der Waals surface area (Å²) in [6.07, 6.45) is -4.70. The van der Waals surface area contributed by atoms with Gasteiger partial charge in [-0.05, 0) is 32.4 Å². The molecule has 1 aliphatic heterocycles. The highest BCUT2D eigenvalue weighted by molar-refractivity contribution is 6.00. The smallest absolute Gasteiger partial charge is 0.416 e. The Balaban J connectivity index is 2.78. The Kier molecular flexibility index (Phi) is 6.37. The second-order valence-electron chi connectivity index (χ2n) is 5.95. The predicted molar refractivity (Wildman–Crippen MR) is 94.5 cm³/mol. The number of nitrogens with one attached hydrogen (secondary N) is 1. The fraction of sp³-hybridized carbons (Fsp3) is 0.368. The fourth-order valence-corrected chi connectivity index (χ4v) is 3.09. The molecular formula is C19H21F3N2O4. The van der Waals surface area contributed by atoms with Gasteiger partial charge >= 0.3 is 18.1 Å². The molecule has 0 unspecified atom stereocenters. The van der Waals surface area contributed by atoms with Gasteiger partial charge in [0.15, 0.2) is 0 Å². The summed E-state index contributed by atoms with van der Waals surface area (Å²) in [6, 6.07) is 4.71. The van der Waals surface area contributed by atoms with Crippen LogP contribution in [0.3, 0.4) is 0 Å². The van der Waals surface area contributed by atoms with Gasteiger partial charge in [-0.15, -0.1) is 0 Å². The third kappa shape index (κ3) is 4.13. The normalized spacial score (nSPS) is 17.3. The van der Waals surface area contributed by atoms with Crippen molar-refractivity contribution in [3.63, 3.8) is 0 Å². The van der Waals surface area contributed by atoms with Gasteiger partial charge in [0.25, 0.3) is 0 Å². The summed E-state index contributed by atoms with van der Waals surface area (Å²) in [4.78, 5) is 25.1. The minimum atomic E-state index is -4.70. The highest BCUT2D eigenvalue weighted by Crippen LogP contribution is 2.43. The molecule has 0 fully saturated rings. The molecule has 1 aliphatic rings. The van der Waals surface area contributed by atoms with Gasteiger partial charge in [0.2, 0.25) is 0 Å². The lowest BCUT2D eigenvalue weighted by atomic mass is 9.79. The van der Waals surface area contributed by atoms with Crippen LogP contribution in [0.25, 0.3) is 0 Å². The number of hydrogen-bond acceptors (Lipinski definition) is 6. The summed E-state index contributed by atoms with van der Waals surface area (Å²) in [5.74, 6) is -3.32. The van der Waals surface area contributed by atoms with Gasteiger partial charge in [0.1, 0.15) is 5.82 Å². The molecule has 152 valence electrons. The Labute approximate surface area is 160 Å². The fourth-order valence-electron chi connectivity index (χ4n) is 3.09. The number of hydrogen-bond donors (Lipinski definition) is 2. The molecule has 1 aromatic rings. The molecule has 3 N–H and O–H groups in total. The molecule has 6 nitrogen and oxygen atoms in total. The number of carbonyl (C=O) groups is 2. The van der Waals surface area contributed by atoms with Crippen molar-refractivity contribution in [1.29, 1.82) is 0 Å². The summed E-state index contributed by atoms with van der Waals surface area (Å²) in [6.45, 7) is 4.60. The third-order valence-electron chi connectivity index (χ3n) is 4.16. The number of benzene rings is 1. The van der Waals surface area contributed by atoms with Crippen molar-refractivity contribution < 1.29 is 32.2 Å². The number of esters is 2. The highest BCUT2D eigenvalue weighted by Gasteiger charge is 2.43. The largest absolute Gasteiger partial charge is 0.463 e. The predicted octanol–water partition coefficient (Wildman–Crippen LogP) is 2.96. The van der Waals surface area contributed by atoms with Crippen molar-refractivity contribution in [3.05, 3.63) is 58.1 Å². The zero-order chi connectivity index (χ0) is 21.1. The number of ether oxygens (including phenoxy) is 2. The first-order valence-corrected chi connectivity index (χ1v) is 8.61. The maximum Gasteiger partial charge on any atom is 0.416 e. The topological polar surface area (TPSA) is 90.6 Å². The van der Waals surface area contributed by atoms with Gasteiger partial charge < -0.3 is 20.5 Å². The molecule has 0 saturated carbocycles. The van der Waals surface area contributed by atoms with Crippen LogP contribution in [-0.4, -0.2) is 25.2 Å². The van der Waals surface area contributed by atoms with E-state index in [4.69, 9.17) is 15.2 Å². The SMILES string of the molecule is CCOC(=O)C1=C(C)NC(N)=C(C(=O)OCC)[C@H]1c1ccccc1C(F)(F)F. The van der Waals surface area contributed by atoms with E-state index in [0.29, 0.717) is 0 Å². The Morgan fingerprint density at radius 3 is 2.14 bits per heavy atom. The van der Waals surface area contributed by atoms with Crippen LogP contribution in [0.5, 0.6) is 0 Å². The number of allylic oxidation sites excluding steroid dienone is 1. The third-order valence-corrected chi connectivity index (χ3v) is 4.16. The molecule has 0 amide bonds. The van der Waals surface area contributed by atoms with Gasteiger partial charge in [-0.3, -0.25) is 0 Å². The number of nitrogens with two attached hydrogens (primary N) is 1. The van der Waals surface area contributed by atoms with E-state index in [1.807, 2.05) is 0 Å². The Morgan fingerprint density at radius 2 is 1.61 bits per heavy atom. The van der Waals surface area contributed by atoms with Crippen LogP contribution in [0, 0.1) is 0 Å². The summed E-state index contributed by atoms with van der Waals surface area (Å²) < 4.78 is 50.9. The molecule has 0 radical (unpaired) electrons. The van der Waals surface area contributed by atoms with E-state index in [1.165, 1.54) is 25.1 Å². The van der Waals surface area contributed by atoms with Crippen molar-refractivity contribution in [2.75, 3.05) is 13.2 Å². The van der Waals surface area contributed by atoms with E-state index in [0.717, 1.165) is 6.07 Å². The molecule has 9 heteroatoms. The van der Waals surface area contributed by atoms with Crippen LogP contribution in [0.15, 0.2) is 46.9 Å². The maximum absolute atomic E-state index is 13.6. The molecular weight excluding hydrogens is 377 g/mol. The molecule has 0 aromatic heterocycles. The van der Waals surface area contributed by atoms with Gasteiger partial charge in [0.05, 0.1) is 35.8 Å². The van der Waals surface area contributed by atoms with E-state index >= 15 is 0 Å². The zero-order valence-electron chi connectivity index (χ0n) is 15.6. The first kappa shape index (κ1) is 21.3. The Hall–Kier alpha value is -2.97. The van der Waals surface area contributed by atoms with Crippen molar-refractivity contribution in [2.45, 2.75) is 32.9 Å². The minimum Gasteiger partial charge on any atom is -0.463 e. The van der Waals surface area contributed by atoms with Gasteiger partial charge in [-0.2, -0.15) is 13.2 Å². The second-order valence-corrected chi connectivity index (χ2v) is 5.95. The maximum atomic E-state index is 13.6. The average molecular weight is 398 g/mol. The van der Waals surface area contributed by atoms with Crippen LogP contribution in [0.1, 0.15) is 37.8 Å². The monoisotopic (exact) mass is 398 g/mol. The summed E-state index contributed by atoms with van der Waals surface area (Å²) in [5.41, 5.74) is 4.46. The summed E-state index contributed by atoms with van der Waals surface area (Å²) in [5, 5.41) is 2.67. The van der Waals surface area contributed by atoms with Crippen molar-refractivity contribution in [3.8, 4) is 0 Å². The summed E-state index contributed by atoms with van der Waals surface area (Å²) in [7, 11) is 0. The van der Waals surface area contributed by atoms with Gasteiger partial charge in [-0.25, -0.2) is 9.59 Å². The van der Waals surface area contributed by atoms with Gasteiger partial charge in [-0.1, -0.05) is 18.2 Å². The van der Waals surface area contributed by atoms with Crippen LogP contribution >= 0.6 is 0 Å².